The van der Waals surface area contributed by atoms with Gasteiger partial charge in [-0.15, -0.1) is 0 Å². The molecule has 25 heavy (non-hydrogen) atoms. The third-order valence-corrected chi connectivity index (χ3v) is 6.02. The van der Waals surface area contributed by atoms with Crippen molar-refractivity contribution < 1.29 is 29.2 Å². The Labute approximate surface area is 152 Å². The van der Waals surface area contributed by atoms with Crippen LogP contribution in [0.1, 0.15) is 41.4 Å². The maximum absolute atomic E-state index is 8.76. The fraction of sp³-hybridized carbons (Fsp3) is 0.882. The minimum Gasteiger partial charge on any atom is -0.379 e. The van der Waals surface area contributed by atoms with Gasteiger partial charge in [0.15, 0.2) is 0 Å². The fourth-order valence-corrected chi connectivity index (χ4v) is 4.64. The molecule has 0 aromatic rings. The Balaban J connectivity index is 1.99. The molecule has 0 aromatic carbocycles. The summed E-state index contributed by atoms with van der Waals surface area (Å²) in [4.78, 5) is 0. The molecular weight excluding hydrogens is 345 g/mol. The first kappa shape index (κ1) is 19.3. The van der Waals surface area contributed by atoms with Crippen LogP contribution in [0.5, 0.6) is 0 Å². The highest BCUT2D eigenvalue weighted by Crippen LogP contribution is 2.52. The number of rotatable bonds is 9. The molecule has 0 spiro atoms. The molecular formula is C17H30NO6P. The largest absolute Gasteiger partial charge is 0.379 e. The fourth-order valence-electron chi connectivity index (χ4n) is 3.07. The summed E-state index contributed by atoms with van der Waals surface area (Å²) in [5.74, 6) is 0. The van der Waals surface area contributed by atoms with E-state index in [9.17, 15) is 0 Å². The average molecular weight is 376 g/mol. The van der Waals surface area contributed by atoms with E-state index >= 15 is 0 Å². The predicted octanol–water partition coefficient (Wildman–Crippen LogP) is 2.90. The first-order valence-electron chi connectivity index (χ1n) is 9.32. The quantitative estimate of drug-likeness (QED) is 0.452. The number of ether oxygens (including phenoxy) is 3. The molecule has 2 saturated heterocycles. The first-order chi connectivity index (χ1) is 12.4. The second kappa shape index (κ2) is 9.48. The molecule has 2 rings (SSSR count). The normalized spacial score (nSPS) is 38.2. The van der Waals surface area contributed by atoms with Gasteiger partial charge in [-0.05, 0) is 27.0 Å². The van der Waals surface area contributed by atoms with Crippen LogP contribution in [0.25, 0.3) is 0 Å². The molecule has 0 radical (unpaired) electrons. The molecule has 2 aliphatic heterocycles. The number of hydrogen-bond donors (Lipinski definition) is 0. The van der Waals surface area contributed by atoms with Crippen molar-refractivity contribution in [2.24, 2.45) is 0 Å². The standard InChI is InChI=1S/C17H30NO6P/c1-12-9-15(14(3)22-12)24-25(5,20-8-6-7-18)21-11-17-16(19-4)10-13(2)23-17/h12-17H,5-6,8-11H2,1-4H3/t12-,13-,14+,15+,16+,17+,25?/m0/s1/i3D. The Kier molecular flexibility index (Phi) is 7.32. The van der Waals surface area contributed by atoms with Crippen molar-refractivity contribution in [3.63, 3.8) is 0 Å². The van der Waals surface area contributed by atoms with E-state index in [4.69, 9.17) is 34.4 Å². The van der Waals surface area contributed by atoms with Crippen LogP contribution in [0, 0.1) is 11.3 Å². The lowest BCUT2D eigenvalue weighted by molar-refractivity contribution is -0.0332. The van der Waals surface area contributed by atoms with Gasteiger partial charge in [0.2, 0.25) is 0 Å². The highest BCUT2D eigenvalue weighted by molar-refractivity contribution is 7.59. The summed E-state index contributed by atoms with van der Waals surface area (Å²) in [6.07, 6.45) is 4.95. The van der Waals surface area contributed by atoms with Crippen LogP contribution in [0.4, 0.5) is 0 Å². The lowest BCUT2D eigenvalue weighted by Gasteiger charge is -2.29. The first-order valence-corrected chi connectivity index (χ1v) is 10.3. The Morgan fingerprint density at radius 1 is 1.24 bits per heavy atom. The number of methoxy groups -OCH3 is 1. The smallest absolute Gasteiger partial charge is 0.251 e. The van der Waals surface area contributed by atoms with Gasteiger partial charge in [0, 0.05) is 21.3 Å². The third kappa shape index (κ3) is 6.04. The molecule has 2 heterocycles. The molecule has 144 valence electrons. The van der Waals surface area contributed by atoms with Gasteiger partial charge in [0.25, 0.3) is 7.57 Å². The van der Waals surface area contributed by atoms with E-state index in [1.54, 1.807) is 7.11 Å². The van der Waals surface area contributed by atoms with Crippen molar-refractivity contribution in [3.8, 4) is 6.07 Å². The molecule has 2 fully saturated rings. The van der Waals surface area contributed by atoms with Crippen molar-refractivity contribution in [2.75, 3.05) is 20.3 Å². The molecule has 0 aromatic heterocycles. The number of nitriles is 1. The minimum absolute atomic E-state index is 0.0137. The molecule has 7 atom stereocenters. The summed E-state index contributed by atoms with van der Waals surface area (Å²) in [6.45, 7) is 4.46. The highest BCUT2D eigenvalue weighted by atomic mass is 31.2. The van der Waals surface area contributed by atoms with Gasteiger partial charge in [-0.25, -0.2) is 0 Å². The van der Waals surface area contributed by atoms with Crippen molar-refractivity contribution in [1.29, 1.82) is 5.26 Å². The maximum Gasteiger partial charge on any atom is 0.251 e. The summed E-state index contributed by atoms with van der Waals surface area (Å²) < 4.78 is 42.4. The molecule has 0 N–H and O–H groups in total. The van der Waals surface area contributed by atoms with Crippen LogP contribution in [0.2, 0.25) is 0 Å². The SMILES string of the molecule is [2H]C[C@H]1O[C@@H](C)C[C@H]1OP(=C)(OCCC#N)OC[C@H]1O[C@@H](C)C[C@H]1OC. The topological polar surface area (TPSA) is 79.2 Å². The van der Waals surface area contributed by atoms with Gasteiger partial charge in [-0.1, -0.05) is 0 Å². The molecule has 8 heteroatoms. The number of hydrogen-bond acceptors (Lipinski definition) is 7. The van der Waals surface area contributed by atoms with E-state index in [0.717, 1.165) is 6.42 Å². The van der Waals surface area contributed by atoms with Crippen molar-refractivity contribution in [3.05, 3.63) is 0 Å². The zero-order valence-electron chi connectivity index (χ0n) is 16.3. The third-order valence-electron chi connectivity index (χ3n) is 4.31. The van der Waals surface area contributed by atoms with Gasteiger partial charge in [0.1, 0.15) is 6.10 Å². The van der Waals surface area contributed by atoms with Crippen LogP contribution >= 0.6 is 7.57 Å². The Hall–Kier alpha value is -0.450. The van der Waals surface area contributed by atoms with Gasteiger partial charge in [-0.3, -0.25) is 0 Å². The van der Waals surface area contributed by atoms with Crippen molar-refractivity contribution in [2.45, 2.75) is 76.6 Å². The van der Waals surface area contributed by atoms with E-state index < -0.39 is 7.57 Å². The van der Waals surface area contributed by atoms with Gasteiger partial charge in [-0.2, -0.15) is 5.26 Å². The van der Waals surface area contributed by atoms with E-state index in [2.05, 4.69) is 6.30 Å². The highest BCUT2D eigenvalue weighted by Gasteiger charge is 2.38. The second-order valence-electron chi connectivity index (χ2n) is 6.51. The van der Waals surface area contributed by atoms with Crippen LogP contribution < -0.4 is 0 Å². The Morgan fingerprint density at radius 3 is 2.64 bits per heavy atom. The Bertz CT molecular complexity index is 530. The molecule has 7 nitrogen and oxygen atoms in total. The van der Waals surface area contributed by atoms with Crippen molar-refractivity contribution in [1.82, 2.24) is 0 Å². The van der Waals surface area contributed by atoms with Crippen LogP contribution in [0.15, 0.2) is 0 Å². The zero-order valence-corrected chi connectivity index (χ0v) is 16.2. The molecule has 0 amide bonds. The van der Waals surface area contributed by atoms with Gasteiger partial charge < -0.3 is 27.8 Å². The van der Waals surface area contributed by atoms with E-state index in [0.29, 0.717) is 6.42 Å². The molecule has 0 bridgehead atoms. The zero-order chi connectivity index (χ0) is 19.2. The average Bonchev–Trinajstić information content (AvgIpc) is 3.14. The minimum atomic E-state index is -2.93. The molecule has 1 unspecified atom stereocenters. The van der Waals surface area contributed by atoms with Crippen LogP contribution in [0.3, 0.4) is 0 Å². The van der Waals surface area contributed by atoms with E-state index in [1.807, 2.05) is 19.9 Å². The van der Waals surface area contributed by atoms with Crippen molar-refractivity contribution >= 4 is 13.9 Å². The molecule has 0 saturated carbocycles. The summed E-state index contributed by atoms with van der Waals surface area (Å²) >= 11 is 0. The van der Waals surface area contributed by atoms with Crippen LogP contribution in [-0.4, -0.2) is 63.2 Å². The summed E-state index contributed by atoms with van der Waals surface area (Å²) in [6, 6.07) is 2.03. The second-order valence-corrected chi connectivity index (χ2v) is 8.46. The summed E-state index contributed by atoms with van der Waals surface area (Å²) in [5, 5.41) is 8.76. The lowest BCUT2D eigenvalue weighted by atomic mass is 10.1. The summed E-state index contributed by atoms with van der Waals surface area (Å²) in [5.41, 5.74) is 0. The maximum atomic E-state index is 8.76. The predicted molar refractivity (Wildman–Crippen MR) is 95.4 cm³/mol. The monoisotopic (exact) mass is 376 g/mol. The Morgan fingerprint density at radius 2 is 1.96 bits per heavy atom. The van der Waals surface area contributed by atoms with E-state index in [-0.39, 0.29) is 63.2 Å². The van der Waals surface area contributed by atoms with Gasteiger partial charge in [0.05, 0.1) is 56.2 Å². The summed E-state index contributed by atoms with van der Waals surface area (Å²) in [7, 11) is -1.28. The lowest BCUT2D eigenvalue weighted by Crippen LogP contribution is -2.29. The van der Waals surface area contributed by atoms with Gasteiger partial charge >= 0.3 is 0 Å². The molecule has 2 aliphatic rings. The number of nitrogens with zero attached hydrogens (tertiary/aromatic N) is 1. The molecule has 0 aliphatic carbocycles. The van der Waals surface area contributed by atoms with E-state index in [1.165, 1.54) is 0 Å². The van der Waals surface area contributed by atoms with Crippen LogP contribution in [-0.2, 0) is 27.8 Å².